The van der Waals surface area contributed by atoms with Gasteiger partial charge in [0.15, 0.2) is 5.65 Å². The van der Waals surface area contributed by atoms with Crippen LogP contribution in [0.5, 0.6) is 0 Å². The van der Waals surface area contributed by atoms with Crippen molar-refractivity contribution in [1.29, 1.82) is 0 Å². The third-order valence-electron chi connectivity index (χ3n) is 5.36. The minimum Gasteiger partial charge on any atom is -0.467 e. The van der Waals surface area contributed by atoms with Crippen LogP contribution in [0.3, 0.4) is 0 Å². The number of furan rings is 1. The number of aryl methyl sites for hydroxylation is 1. The zero-order chi connectivity index (χ0) is 22.6. The second-order valence-electron chi connectivity index (χ2n) is 7.69. The first-order chi connectivity index (χ1) is 16.2. The van der Waals surface area contributed by atoms with Crippen molar-refractivity contribution in [3.05, 3.63) is 83.8 Å². The number of benzene rings is 2. The van der Waals surface area contributed by atoms with Crippen LogP contribution in [-0.4, -0.2) is 25.7 Å². The summed E-state index contributed by atoms with van der Waals surface area (Å²) in [5.74, 6) is 1.22. The lowest BCUT2D eigenvalue weighted by molar-refractivity contribution is 0.0948. The largest absolute Gasteiger partial charge is 0.467 e. The first-order valence-corrected chi connectivity index (χ1v) is 11.9. The van der Waals surface area contributed by atoms with Gasteiger partial charge < -0.3 is 14.3 Å². The molecule has 1 amide bonds. The smallest absolute Gasteiger partial charge is 0.251 e. The van der Waals surface area contributed by atoms with E-state index in [2.05, 4.69) is 39.1 Å². The minimum atomic E-state index is -0.137. The quantitative estimate of drug-likeness (QED) is 0.322. The Kier molecular flexibility index (Phi) is 6.08. The molecule has 0 fully saturated rings. The van der Waals surface area contributed by atoms with Gasteiger partial charge >= 0.3 is 0 Å². The highest BCUT2D eigenvalue weighted by molar-refractivity contribution is 7.98. The van der Waals surface area contributed by atoms with E-state index in [9.17, 15) is 4.79 Å². The maximum Gasteiger partial charge on any atom is 0.251 e. The fourth-order valence-electron chi connectivity index (χ4n) is 3.83. The molecule has 0 saturated carbocycles. The van der Waals surface area contributed by atoms with Gasteiger partial charge in [0.1, 0.15) is 11.3 Å². The Hall–Kier alpha value is -3.65. The van der Waals surface area contributed by atoms with Gasteiger partial charge in [-0.05, 0) is 42.3 Å². The normalized spacial score (nSPS) is 11.3. The van der Waals surface area contributed by atoms with E-state index in [1.54, 1.807) is 18.4 Å². The van der Waals surface area contributed by atoms with Crippen LogP contribution in [-0.2, 0) is 18.8 Å². The van der Waals surface area contributed by atoms with Gasteiger partial charge in [-0.15, -0.1) is 10.2 Å². The number of nitrogens with zero attached hydrogens (tertiary/aromatic N) is 4. The molecule has 0 saturated heterocycles. The van der Waals surface area contributed by atoms with Crippen LogP contribution >= 0.6 is 11.8 Å². The number of nitrogens with one attached hydrogen (secondary N) is 1. The average molecular weight is 458 g/mol. The molecule has 7 nitrogen and oxygen atoms in total. The maximum atomic E-state index is 12.5. The summed E-state index contributed by atoms with van der Waals surface area (Å²) in [5.41, 5.74) is 4.45. The van der Waals surface area contributed by atoms with Crippen molar-refractivity contribution in [3.63, 3.8) is 0 Å². The van der Waals surface area contributed by atoms with E-state index in [0.29, 0.717) is 23.0 Å². The monoisotopic (exact) mass is 457 g/mol. The molecule has 3 heterocycles. The molecule has 5 rings (SSSR count). The van der Waals surface area contributed by atoms with Crippen molar-refractivity contribution < 1.29 is 9.21 Å². The highest BCUT2D eigenvalue weighted by atomic mass is 32.2. The van der Waals surface area contributed by atoms with Gasteiger partial charge in [0, 0.05) is 23.2 Å². The Morgan fingerprint density at radius 3 is 2.85 bits per heavy atom. The standard InChI is InChI=1S/C25H23N5O2S/c1-2-12-30-21-11-4-3-10-20(21)22-23(30)27-25(29-28-22)33-16-17-7-5-8-18(14-17)24(31)26-15-19-9-6-13-32-19/h3-11,13-14H,2,12,15-16H2,1H3,(H,26,31). The predicted molar refractivity (Wildman–Crippen MR) is 129 cm³/mol. The molecule has 0 aliphatic carbocycles. The molecule has 0 unspecified atom stereocenters. The van der Waals surface area contributed by atoms with E-state index >= 15 is 0 Å². The number of hydrogen-bond donors (Lipinski definition) is 1. The van der Waals surface area contributed by atoms with Crippen LogP contribution in [0.2, 0.25) is 0 Å². The zero-order valence-electron chi connectivity index (χ0n) is 18.2. The van der Waals surface area contributed by atoms with Gasteiger partial charge in [-0.2, -0.15) is 0 Å². The van der Waals surface area contributed by atoms with Gasteiger partial charge in [0.2, 0.25) is 5.16 Å². The molecule has 5 aromatic rings. The molecular formula is C25H23N5O2S. The Morgan fingerprint density at radius 1 is 1.09 bits per heavy atom. The van der Waals surface area contributed by atoms with E-state index in [4.69, 9.17) is 9.40 Å². The van der Waals surface area contributed by atoms with Crippen molar-refractivity contribution in [3.8, 4) is 0 Å². The minimum absolute atomic E-state index is 0.137. The number of rotatable bonds is 8. The third kappa shape index (κ3) is 4.47. The summed E-state index contributed by atoms with van der Waals surface area (Å²) in [7, 11) is 0. The van der Waals surface area contributed by atoms with Crippen LogP contribution in [0.4, 0.5) is 0 Å². The van der Waals surface area contributed by atoms with Crippen LogP contribution in [0, 0.1) is 0 Å². The Bertz CT molecular complexity index is 1410. The third-order valence-corrected chi connectivity index (χ3v) is 6.27. The number of aromatic nitrogens is 4. The molecule has 1 N–H and O–H groups in total. The van der Waals surface area contributed by atoms with Crippen molar-refractivity contribution in [2.24, 2.45) is 0 Å². The van der Waals surface area contributed by atoms with Gasteiger partial charge in [-0.1, -0.05) is 49.0 Å². The van der Waals surface area contributed by atoms with Crippen molar-refractivity contribution in [2.45, 2.75) is 37.3 Å². The molecule has 33 heavy (non-hydrogen) atoms. The lowest BCUT2D eigenvalue weighted by atomic mass is 10.1. The summed E-state index contributed by atoms with van der Waals surface area (Å²) in [4.78, 5) is 17.3. The highest BCUT2D eigenvalue weighted by Crippen LogP contribution is 2.28. The molecule has 166 valence electrons. The Labute approximate surface area is 195 Å². The van der Waals surface area contributed by atoms with Crippen LogP contribution in [0.15, 0.2) is 76.5 Å². The lowest BCUT2D eigenvalue weighted by Gasteiger charge is -2.07. The van der Waals surface area contributed by atoms with Gasteiger partial charge in [-0.25, -0.2) is 4.98 Å². The van der Waals surface area contributed by atoms with Gasteiger partial charge in [0.25, 0.3) is 5.91 Å². The molecule has 0 aliphatic heterocycles. The van der Waals surface area contributed by atoms with Crippen LogP contribution < -0.4 is 5.32 Å². The number of thioether (sulfide) groups is 1. The van der Waals surface area contributed by atoms with Crippen LogP contribution in [0.1, 0.15) is 35.0 Å². The fraction of sp³-hybridized carbons (Fsp3) is 0.200. The topological polar surface area (TPSA) is 85.8 Å². The molecule has 0 radical (unpaired) electrons. The van der Waals surface area contributed by atoms with E-state index in [1.807, 2.05) is 36.4 Å². The average Bonchev–Trinajstić information content (AvgIpc) is 3.48. The fourth-order valence-corrected chi connectivity index (χ4v) is 4.56. The first kappa shape index (κ1) is 21.2. The van der Waals surface area contributed by atoms with E-state index in [1.165, 1.54) is 11.8 Å². The predicted octanol–water partition coefficient (Wildman–Crippen LogP) is 5.20. The molecular weight excluding hydrogens is 434 g/mol. The second kappa shape index (κ2) is 9.46. The van der Waals surface area contributed by atoms with Crippen LogP contribution in [0.25, 0.3) is 22.1 Å². The summed E-state index contributed by atoms with van der Waals surface area (Å²) < 4.78 is 7.48. The summed E-state index contributed by atoms with van der Waals surface area (Å²) in [6.07, 6.45) is 2.60. The Morgan fingerprint density at radius 2 is 2.00 bits per heavy atom. The molecule has 0 spiro atoms. The molecule has 2 aromatic carbocycles. The molecule has 0 atom stereocenters. The van der Waals surface area contributed by atoms with Gasteiger partial charge in [0.05, 0.1) is 18.3 Å². The van der Waals surface area contributed by atoms with Gasteiger partial charge in [-0.3, -0.25) is 4.79 Å². The molecule has 0 bridgehead atoms. The summed E-state index contributed by atoms with van der Waals surface area (Å²) in [5, 5.41) is 13.4. The summed E-state index contributed by atoms with van der Waals surface area (Å²) >= 11 is 1.51. The number of amides is 1. The molecule has 3 aromatic heterocycles. The second-order valence-corrected chi connectivity index (χ2v) is 8.63. The maximum absolute atomic E-state index is 12.5. The molecule has 0 aliphatic rings. The number of carbonyl (C=O) groups excluding carboxylic acids is 1. The number of para-hydroxylation sites is 1. The zero-order valence-corrected chi connectivity index (χ0v) is 19.0. The summed E-state index contributed by atoms with van der Waals surface area (Å²) in [6.45, 7) is 3.39. The SMILES string of the molecule is CCCn1c2ccccc2c2nnc(SCc3cccc(C(=O)NCc4ccco4)c3)nc21. The molecule has 8 heteroatoms. The van der Waals surface area contributed by atoms with Crippen molar-refractivity contribution in [1.82, 2.24) is 25.1 Å². The lowest BCUT2D eigenvalue weighted by Crippen LogP contribution is -2.22. The van der Waals surface area contributed by atoms with E-state index in [-0.39, 0.29) is 5.91 Å². The van der Waals surface area contributed by atoms with E-state index in [0.717, 1.165) is 46.4 Å². The highest BCUT2D eigenvalue weighted by Gasteiger charge is 2.14. The number of hydrogen-bond acceptors (Lipinski definition) is 6. The first-order valence-electron chi connectivity index (χ1n) is 10.9. The number of fused-ring (bicyclic) bond motifs is 3. The van der Waals surface area contributed by atoms with Crippen molar-refractivity contribution >= 4 is 39.7 Å². The summed E-state index contributed by atoms with van der Waals surface area (Å²) in [6, 6.07) is 19.4. The van der Waals surface area contributed by atoms with E-state index < -0.39 is 0 Å². The Balaban J connectivity index is 1.32. The van der Waals surface area contributed by atoms with Crippen molar-refractivity contribution in [2.75, 3.05) is 0 Å². The number of carbonyl (C=O) groups is 1.